The standard InChI is InChI=1S/C13H6Cl4N2O2S/c1-4-18-5(3-22-4)2-19-12(20)6-7(13(19)21)9(15)11(17)10(16)8(6)14/h3H,2H2,1H3. The van der Waals surface area contributed by atoms with Crippen molar-refractivity contribution in [1.29, 1.82) is 0 Å². The van der Waals surface area contributed by atoms with Crippen LogP contribution in [0.5, 0.6) is 0 Å². The average molecular weight is 396 g/mol. The zero-order chi connectivity index (χ0) is 16.2. The molecule has 1 aromatic heterocycles. The molecule has 2 heterocycles. The maximum Gasteiger partial charge on any atom is 0.263 e. The summed E-state index contributed by atoms with van der Waals surface area (Å²) in [5, 5.41) is 2.40. The molecule has 22 heavy (non-hydrogen) atoms. The molecule has 1 aliphatic heterocycles. The van der Waals surface area contributed by atoms with Crippen LogP contribution in [0, 0.1) is 6.92 Å². The summed E-state index contributed by atoms with van der Waals surface area (Å²) >= 11 is 25.5. The van der Waals surface area contributed by atoms with Gasteiger partial charge in [0.15, 0.2) is 0 Å². The van der Waals surface area contributed by atoms with Crippen LogP contribution in [0.3, 0.4) is 0 Å². The Balaban J connectivity index is 2.09. The fraction of sp³-hybridized carbons (Fsp3) is 0.154. The van der Waals surface area contributed by atoms with E-state index in [1.165, 1.54) is 11.3 Å². The lowest BCUT2D eigenvalue weighted by atomic mass is 10.1. The molecule has 3 rings (SSSR count). The summed E-state index contributed by atoms with van der Waals surface area (Å²) in [5.74, 6) is -1.12. The largest absolute Gasteiger partial charge is 0.268 e. The molecule has 0 radical (unpaired) electrons. The number of carbonyl (C=O) groups excluding carboxylic acids is 2. The van der Waals surface area contributed by atoms with E-state index in [1.807, 2.05) is 6.92 Å². The van der Waals surface area contributed by atoms with Crippen LogP contribution in [0.15, 0.2) is 5.38 Å². The topological polar surface area (TPSA) is 50.3 Å². The van der Waals surface area contributed by atoms with Gasteiger partial charge in [-0.3, -0.25) is 14.5 Å². The smallest absolute Gasteiger partial charge is 0.263 e. The summed E-state index contributed by atoms with van der Waals surface area (Å²) in [6.45, 7) is 1.88. The molecule has 2 amide bonds. The minimum atomic E-state index is -0.559. The van der Waals surface area contributed by atoms with Crippen molar-refractivity contribution in [3.8, 4) is 0 Å². The molecule has 0 spiro atoms. The molecule has 0 bridgehead atoms. The van der Waals surface area contributed by atoms with Crippen LogP contribution in [-0.2, 0) is 6.54 Å². The number of hydrogen-bond acceptors (Lipinski definition) is 4. The highest BCUT2D eigenvalue weighted by Crippen LogP contribution is 2.45. The Morgan fingerprint density at radius 2 is 1.50 bits per heavy atom. The van der Waals surface area contributed by atoms with Crippen LogP contribution in [0.1, 0.15) is 31.4 Å². The molecule has 0 aliphatic carbocycles. The van der Waals surface area contributed by atoms with E-state index >= 15 is 0 Å². The first-order valence-electron chi connectivity index (χ1n) is 5.96. The third-order valence-corrected chi connectivity index (χ3v) is 5.80. The van der Waals surface area contributed by atoms with E-state index in [0.29, 0.717) is 5.69 Å². The molecule has 0 saturated carbocycles. The third kappa shape index (κ3) is 2.32. The van der Waals surface area contributed by atoms with E-state index < -0.39 is 11.8 Å². The number of aryl methyl sites for hydroxylation is 1. The second kappa shape index (κ2) is 5.65. The Bertz CT molecular complexity index is 787. The van der Waals surface area contributed by atoms with Gasteiger partial charge in [-0.1, -0.05) is 46.4 Å². The highest BCUT2D eigenvalue weighted by Gasteiger charge is 2.41. The van der Waals surface area contributed by atoms with E-state index in [4.69, 9.17) is 46.4 Å². The first kappa shape index (κ1) is 16.0. The molecule has 0 atom stereocenters. The number of nitrogens with zero attached hydrogens (tertiary/aromatic N) is 2. The Hall–Kier alpha value is -0.850. The summed E-state index contributed by atoms with van der Waals surface area (Å²) in [5.41, 5.74) is 0.581. The van der Waals surface area contributed by atoms with Crippen LogP contribution in [0.2, 0.25) is 20.1 Å². The third-order valence-electron chi connectivity index (χ3n) is 3.17. The minimum absolute atomic E-state index is 0.0157. The van der Waals surface area contributed by atoms with E-state index in [1.54, 1.807) is 5.38 Å². The zero-order valence-corrected chi connectivity index (χ0v) is 14.8. The molecule has 9 heteroatoms. The van der Waals surface area contributed by atoms with Gasteiger partial charge in [0.1, 0.15) is 0 Å². The number of imide groups is 1. The molecule has 0 unspecified atom stereocenters. The predicted molar refractivity (Wildman–Crippen MR) is 87.5 cm³/mol. The van der Waals surface area contributed by atoms with Gasteiger partial charge in [0, 0.05) is 5.38 Å². The number of rotatable bonds is 2. The van der Waals surface area contributed by atoms with Gasteiger partial charge in [-0.25, -0.2) is 4.98 Å². The van der Waals surface area contributed by atoms with Gasteiger partial charge in [-0.2, -0.15) is 0 Å². The van der Waals surface area contributed by atoms with Crippen molar-refractivity contribution in [2.24, 2.45) is 0 Å². The van der Waals surface area contributed by atoms with Crippen LogP contribution >= 0.6 is 57.7 Å². The summed E-state index contributed by atoms with van der Waals surface area (Å²) in [6, 6.07) is 0. The SMILES string of the molecule is Cc1nc(CN2C(=O)c3c(Cl)c(Cl)c(Cl)c(Cl)c3C2=O)cs1. The Morgan fingerprint density at radius 1 is 1.00 bits per heavy atom. The van der Waals surface area contributed by atoms with Crippen LogP contribution in [0.25, 0.3) is 0 Å². The Kier molecular flexibility index (Phi) is 4.12. The van der Waals surface area contributed by atoms with E-state index in [2.05, 4.69) is 4.98 Å². The lowest BCUT2D eigenvalue weighted by Gasteiger charge is -2.11. The first-order chi connectivity index (χ1) is 10.3. The van der Waals surface area contributed by atoms with Gasteiger partial charge >= 0.3 is 0 Å². The van der Waals surface area contributed by atoms with E-state index in [0.717, 1.165) is 9.91 Å². The zero-order valence-electron chi connectivity index (χ0n) is 10.9. The molecule has 1 aromatic carbocycles. The number of carbonyl (C=O) groups is 2. The molecule has 0 saturated heterocycles. The molecule has 114 valence electrons. The fourth-order valence-electron chi connectivity index (χ4n) is 2.18. The molecular formula is C13H6Cl4N2O2S. The van der Waals surface area contributed by atoms with E-state index in [-0.39, 0.29) is 37.8 Å². The number of hydrogen-bond donors (Lipinski definition) is 0. The first-order valence-corrected chi connectivity index (χ1v) is 8.35. The van der Waals surface area contributed by atoms with Crippen molar-refractivity contribution in [1.82, 2.24) is 9.88 Å². The molecule has 4 nitrogen and oxygen atoms in total. The van der Waals surface area contributed by atoms with Crippen molar-refractivity contribution >= 4 is 69.6 Å². The molecule has 1 aliphatic rings. The maximum absolute atomic E-state index is 12.5. The van der Waals surface area contributed by atoms with Gasteiger partial charge in [0.25, 0.3) is 11.8 Å². The second-order valence-electron chi connectivity index (χ2n) is 4.56. The monoisotopic (exact) mass is 394 g/mol. The quantitative estimate of drug-likeness (QED) is 0.414. The van der Waals surface area contributed by atoms with Crippen molar-refractivity contribution in [3.63, 3.8) is 0 Å². The summed E-state index contributed by atoms with van der Waals surface area (Å²) in [6.07, 6.45) is 0. The summed E-state index contributed by atoms with van der Waals surface area (Å²) in [7, 11) is 0. The number of aromatic nitrogens is 1. The number of fused-ring (bicyclic) bond motifs is 1. The number of amides is 2. The lowest BCUT2D eigenvalue weighted by molar-refractivity contribution is 0.0640. The van der Waals surface area contributed by atoms with Gasteiger partial charge in [-0.15, -0.1) is 11.3 Å². The van der Waals surface area contributed by atoms with Crippen LogP contribution in [0.4, 0.5) is 0 Å². The summed E-state index contributed by atoms with van der Waals surface area (Å²) < 4.78 is 0. The summed E-state index contributed by atoms with van der Waals surface area (Å²) in [4.78, 5) is 30.3. The van der Waals surface area contributed by atoms with Gasteiger partial charge < -0.3 is 0 Å². The molecular weight excluding hydrogens is 390 g/mol. The molecule has 2 aromatic rings. The van der Waals surface area contributed by atoms with E-state index in [9.17, 15) is 9.59 Å². The lowest BCUT2D eigenvalue weighted by Crippen LogP contribution is -2.29. The minimum Gasteiger partial charge on any atom is -0.268 e. The normalized spacial score (nSPS) is 14.0. The van der Waals surface area contributed by atoms with Crippen LogP contribution < -0.4 is 0 Å². The van der Waals surface area contributed by atoms with Crippen molar-refractivity contribution < 1.29 is 9.59 Å². The maximum atomic E-state index is 12.5. The van der Waals surface area contributed by atoms with Crippen molar-refractivity contribution in [2.45, 2.75) is 13.5 Å². The molecule has 0 N–H and O–H groups in total. The average Bonchev–Trinajstić information content (AvgIpc) is 2.99. The highest BCUT2D eigenvalue weighted by atomic mass is 35.5. The van der Waals surface area contributed by atoms with Crippen molar-refractivity contribution in [2.75, 3.05) is 0 Å². The van der Waals surface area contributed by atoms with Gasteiger partial charge in [0.05, 0.1) is 48.5 Å². The number of thiazole rings is 1. The predicted octanol–water partition coefficient (Wildman–Crippen LogP) is 4.86. The van der Waals surface area contributed by atoms with Crippen molar-refractivity contribution in [3.05, 3.63) is 47.3 Å². The number of benzene rings is 1. The van der Waals surface area contributed by atoms with Gasteiger partial charge in [-0.05, 0) is 6.92 Å². The Labute approximate surface area is 149 Å². The highest BCUT2D eigenvalue weighted by molar-refractivity contribution is 7.09. The van der Waals surface area contributed by atoms with Gasteiger partial charge in [0.2, 0.25) is 0 Å². The Morgan fingerprint density at radius 3 is 1.91 bits per heavy atom. The fourth-order valence-corrected chi connectivity index (χ4v) is 3.80. The number of halogens is 4. The molecule has 0 fully saturated rings. The van der Waals surface area contributed by atoms with Crippen LogP contribution in [-0.4, -0.2) is 21.7 Å². The second-order valence-corrected chi connectivity index (χ2v) is 7.13.